The molecule has 4 aliphatic carbocycles. The molecule has 4 fully saturated rings. The molecule has 7 rings (SSSR count). The summed E-state index contributed by atoms with van der Waals surface area (Å²) >= 11 is 0. The molecule has 2 amide bonds. The molecule has 0 aromatic carbocycles. The molecule has 4 aliphatic rings. The molecule has 0 saturated heterocycles. The van der Waals surface area contributed by atoms with Crippen molar-refractivity contribution in [2.45, 2.75) is 49.6 Å². The maximum atomic E-state index is 13.2. The molecule has 2 atom stereocenters. The van der Waals surface area contributed by atoms with E-state index in [-0.39, 0.29) is 22.9 Å². The van der Waals surface area contributed by atoms with Crippen LogP contribution >= 0.6 is 0 Å². The van der Waals surface area contributed by atoms with Crippen molar-refractivity contribution in [3.05, 3.63) is 66.4 Å². The molecule has 158 valence electrons. The summed E-state index contributed by atoms with van der Waals surface area (Å²) in [6.07, 6.45) is 13.0. The minimum Gasteiger partial charge on any atom is -0.346 e. The molecule has 2 N–H and O–H groups in total. The minimum absolute atomic E-state index is 0.0568. The van der Waals surface area contributed by atoms with Gasteiger partial charge in [-0.3, -0.25) is 14.6 Å². The third kappa shape index (κ3) is 3.19. The highest BCUT2D eigenvalue weighted by Crippen LogP contribution is 2.57. The lowest BCUT2D eigenvalue weighted by Gasteiger charge is -2.62. The second-order valence-electron chi connectivity index (χ2n) is 9.75. The fourth-order valence-electron chi connectivity index (χ4n) is 6.72. The van der Waals surface area contributed by atoms with Crippen LogP contribution in [0.1, 0.15) is 59.4 Å². The smallest absolute Gasteiger partial charge is 0.270 e. The van der Waals surface area contributed by atoms with Crippen LogP contribution in [-0.2, 0) is 0 Å². The van der Waals surface area contributed by atoms with Gasteiger partial charge in [0.1, 0.15) is 11.3 Å². The SMILES string of the molecule is O=C(NC12CC3CC(C1)CC(NC(=O)c1ccccn1)(C3)C2)c1ccn2ccnc2c1. The van der Waals surface area contributed by atoms with Crippen LogP contribution in [0.3, 0.4) is 0 Å². The van der Waals surface area contributed by atoms with Gasteiger partial charge >= 0.3 is 0 Å². The number of hydrogen-bond acceptors (Lipinski definition) is 4. The first-order valence-electron chi connectivity index (χ1n) is 11.0. The Labute approximate surface area is 180 Å². The lowest BCUT2D eigenvalue weighted by Crippen LogP contribution is -2.69. The van der Waals surface area contributed by atoms with E-state index in [0.717, 1.165) is 37.8 Å². The normalized spacial score (nSPS) is 31.0. The molecule has 3 heterocycles. The van der Waals surface area contributed by atoms with Crippen molar-refractivity contribution in [1.82, 2.24) is 25.0 Å². The standard InChI is InChI=1S/C24H25N5O2/c30-21(18-4-7-29-8-6-26-20(29)10-18)27-23-11-16-9-17(12-23)14-24(13-16,15-23)28-22(31)19-3-1-2-5-25-19/h1-8,10,16-17H,9,11-15H2,(H,27,30)(H,28,31). The van der Waals surface area contributed by atoms with E-state index in [9.17, 15) is 9.59 Å². The van der Waals surface area contributed by atoms with Crippen molar-refractivity contribution < 1.29 is 9.59 Å². The van der Waals surface area contributed by atoms with Crippen LogP contribution in [0.2, 0.25) is 0 Å². The van der Waals surface area contributed by atoms with Crippen LogP contribution < -0.4 is 10.6 Å². The summed E-state index contributed by atoms with van der Waals surface area (Å²) < 4.78 is 1.89. The van der Waals surface area contributed by atoms with E-state index < -0.39 is 0 Å². The van der Waals surface area contributed by atoms with Gasteiger partial charge < -0.3 is 15.0 Å². The van der Waals surface area contributed by atoms with Gasteiger partial charge in [0, 0.05) is 41.4 Å². The van der Waals surface area contributed by atoms with E-state index in [4.69, 9.17) is 0 Å². The third-order valence-corrected chi connectivity index (χ3v) is 7.38. The number of carbonyl (C=O) groups excluding carboxylic acids is 2. The zero-order chi connectivity index (χ0) is 21.1. The minimum atomic E-state index is -0.265. The van der Waals surface area contributed by atoms with Crippen molar-refractivity contribution in [3.63, 3.8) is 0 Å². The molecule has 2 unspecified atom stereocenters. The predicted molar refractivity (Wildman–Crippen MR) is 115 cm³/mol. The molecular formula is C24H25N5O2. The summed E-state index contributed by atoms with van der Waals surface area (Å²) in [6, 6.07) is 9.06. The number of fused-ring (bicyclic) bond motifs is 1. The van der Waals surface area contributed by atoms with Crippen molar-refractivity contribution in [1.29, 1.82) is 0 Å². The van der Waals surface area contributed by atoms with Crippen LogP contribution in [0.4, 0.5) is 0 Å². The van der Waals surface area contributed by atoms with E-state index in [1.165, 1.54) is 6.42 Å². The Morgan fingerprint density at radius 1 is 0.903 bits per heavy atom. The van der Waals surface area contributed by atoms with Crippen LogP contribution in [0.15, 0.2) is 55.1 Å². The number of carbonyl (C=O) groups is 2. The Morgan fingerprint density at radius 3 is 2.35 bits per heavy atom. The quantitative estimate of drug-likeness (QED) is 0.686. The maximum Gasteiger partial charge on any atom is 0.270 e. The number of pyridine rings is 2. The average molecular weight is 415 g/mol. The number of imidazole rings is 1. The maximum absolute atomic E-state index is 13.2. The average Bonchev–Trinajstić information content (AvgIpc) is 3.20. The Balaban J connectivity index is 1.25. The van der Waals surface area contributed by atoms with Crippen LogP contribution in [0, 0.1) is 11.8 Å². The number of rotatable bonds is 4. The largest absolute Gasteiger partial charge is 0.346 e. The fourth-order valence-corrected chi connectivity index (χ4v) is 6.72. The van der Waals surface area contributed by atoms with E-state index in [0.29, 0.717) is 23.1 Å². The summed E-state index contributed by atoms with van der Waals surface area (Å²) in [7, 11) is 0. The van der Waals surface area contributed by atoms with Gasteiger partial charge in [0.15, 0.2) is 0 Å². The van der Waals surface area contributed by atoms with Crippen molar-refractivity contribution in [3.8, 4) is 0 Å². The highest BCUT2D eigenvalue weighted by molar-refractivity contribution is 5.95. The van der Waals surface area contributed by atoms with E-state index in [1.807, 2.05) is 41.1 Å². The lowest BCUT2D eigenvalue weighted by atomic mass is 9.49. The van der Waals surface area contributed by atoms with Gasteiger partial charge in [-0.05, 0) is 74.6 Å². The molecule has 3 aromatic rings. The number of nitrogens with zero attached hydrogens (tertiary/aromatic N) is 3. The number of aromatic nitrogens is 3. The molecule has 0 radical (unpaired) electrons. The molecule has 4 bridgehead atoms. The first kappa shape index (κ1) is 18.5. The van der Waals surface area contributed by atoms with Gasteiger partial charge in [-0.15, -0.1) is 0 Å². The predicted octanol–water partition coefficient (Wildman–Crippen LogP) is 2.98. The highest BCUT2D eigenvalue weighted by atomic mass is 16.2. The summed E-state index contributed by atoms with van der Waals surface area (Å²) in [5.41, 5.74) is 1.31. The van der Waals surface area contributed by atoms with Crippen LogP contribution in [0.25, 0.3) is 5.65 Å². The van der Waals surface area contributed by atoms with Crippen molar-refractivity contribution in [2.24, 2.45) is 11.8 Å². The molecular weight excluding hydrogens is 390 g/mol. The Bertz CT molecular complexity index is 1160. The molecule has 3 aromatic heterocycles. The fraction of sp³-hybridized carbons (Fsp3) is 0.417. The number of amides is 2. The first-order chi connectivity index (χ1) is 15.0. The summed E-state index contributed by atoms with van der Waals surface area (Å²) in [5, 5.41) is 6.73. The second-order valence-corrected chi connectivity index (χ2v) is 9.75. The number of nitrogens with one attached hydrogen (secondary N) is 2. The molecule has 7 heteroatoms. The van der Waals surface area contributed by atoms with Gasteiger partial charge in [0.25, 0.3) is 11.8 Å². The molecule has 31 heavy (non-hydrogen) atoms. The second kappa shape index (κ2) is 6.64. The van der Waals surface area contributed by atoms with Crippen LogP contribution in [-0.4, -0.2) is 37.3 Å². The Hall–Kier alpha value is -3.22. The Morgan fingerprint density at radius 2 is 1.65 bits per heavy atom. The summed E-state index contributed by atoms with van der Waals surface area (Å²) in [5.74, 6) is 0.883. The van der Waals surface area contributed by atoms with E-state index in [2.05, 4.69) is 20.6 Å². The van der Waals surface area contributed by atoms with Crippen LogP contribution in [0.5, 0.6) is 0 Å². The van der Waals surface area contributed by atoms with Crippen molar-refractivity contribution in [2.75, 3.05) is 0 Å². The van der Waals surface area contributed by atoms with E-state index >= 15 is 0 Å². The zero-order valence-electron chi connectivity index (χ0n) is 17.3. The molecule has 7 nitrogen and oxygen atoms in total. The topological polar surface area (TPSA) is 88.4 Å². The Kier molecular flexibility index (Phi) is 3.97. The molecule has 4 saturated carbocycles. The lowest BCUT2D eigenvalue weighted by molar-refractivity contribution is -0.0448. The van der Waals surface area contributed by atoms with E-state index in [1.54, 1.807) is 18.5 Å². The highest BCUT2D eigenvalue weighted by Gasteiger charge is 2.58. The first-order valence-corrected chi connectivity index (χ1v) is 11.0. The van der Waals surface area contributed by atoms with Gasteiger partial charge in [0.05, 0.1) is 0 Å². The third-order valence-electron chi connectivity index (χ3n) is 7.38. The number of hydrogen-bond donors (Lipinski definition) is 2. The summed E-state index contributed by atoms with van der Waals surface area (Å²) in [4.78, 5) is 34.6. The molecule has 0 spiro atoms. The molecule has 0 aliphatic heterocycles. The monoisotopic (exact) mass is 415 g/mol. The zero-order valence-corrected chi connectivity index (χ0v) is 17.3. The van der Waals surface area contributed by atoms with Crippen molar-refractivity contribution >= 4 is 17.5 Å². The van der Waals surface area contributed by atoms with Gasteiger partial charge in [-0.25, -0.2) is 4.98 Å². The van der Waals surface area contributed by atoms with Gasteiger partial charge in [-0.2, -0.15) is 0 Å². The summed E-state index contributed by atoms with van der Waals surface area (Å²) in [6.45, 7) is 0. The van der Waals surface area contributed by atoms with Gasteiger partial charge in [0.2, 0.25) is 0 Å². The van der Waals surface area contributed by atoms with Gasteiger partial charge in [-0.1, -0.05) is 6.07 Å².